The van der Waals surface area contributed by atoms with Crippen molar-refractivity contribution in [1.29, 1.82) is 5.26 Å². The molecule has 1 amide bonds. The number of likely N-dealkylation sites (N-methyl/N-ethyl adjacent to an activating group) is 1. The molecule has 1 aliphatic heterocycles. The highest BCUT2D eigenvalue weighted by molar-refractivity contribution is 5.99. The third-order valence-electron chi connectivity index (χ3n) is 7.76. The minimum atomic E-state index is -0.539. The van der Waals surface area contributed by atoms with Crippen LogP contribution < -0.4 is 10.5 Å². The van der Waals surface area contributed by atoms with Crippen LogP contribution in [0.15, 0.2) is 66.5 Å². The molecule has 11 heteroatoms. The number of nitriles is 1. The van der Waals surface area contributed by atoms with E-state index < -0.39 is 11.4 Å². The number of fused-ring (bicyclic) bond motifs is 1. The van der Waals surface area contributed by atoms with E-state index in [4.69, 9.17) is 15.6 Å². The lowest BCUT2D eigenvalue weighted by molar-refractivity contribution is -0.127. The number of aromatic nitrogens is 4. The van der Waals surface area contributed by atoms with Gasteiger partial charge in [0.05, 0.1) is 18.0 Å². The zero-order valence-corrected chi connectivity index (χ0v) is 24.1. The fourth-order valence-electron chi connectivity index (χ4n) is 4.99. The van der Waals surface area contributed by atoms with Crippen molar-refractivity contribution < 1.29 is 13.9 Å². The molecule has 0 spiro atoms. The van der Waals surface area contributed by atoms with Gasteiger partial charge in [-0.15, -0.1) is 0 Å². The van der Waals surface area contributed by atoms with Crippen molar-refractivity contribution in [2.45, 2.75) is 44.8 Å². The lowest BCUT2D eigenvalue weighted by atomic mass is 9.99. The Morgan fingerprint density at radius 2 is 1.98 bits per heavy atom. The molecule has 0 bridgehead atoms. The third kappa shape index (κ3) is 5.66. The molecule has 0 radical (unpaired) electrons. The van der Waals surface area contributed by atoms with Crippen molar-refractivity contribution in [1.82, 2.24) is 29.5 Å². The highest BCUT2D eigenvalue weighted by Gasteiger charge is 2.33. The second-order valence-corrected chi connectivity index (χ2v) is 11.1. The van der Waals surface area contributed by atoms with Crippen LogP contribution in [-0.2, 0) is 11.3 Å². The number of benzene rings is 2. The van der Waals surface area contributed by atoms with E-state index in [1.165, 1.54) is 12.4 Å². The van der Waals surface area contributed by atoms with Gasteiger partial charge in [0.25, 0.3) is 5.91 Å². The number of nitrogen functional groups attached to an aromatic ring is 1. The van der Waals surface area contributed by atoms with Gasteiger partial charge in [-0.05, 0) is 71.1 Å². The second-order valence-electron chi connectivity index (χ2n) is 11.1. The van der Waals surface area contributed by atoms with E-state index in [9.17, 15) is 10.1 Å². The van der Waals surface area contributed by atoms with Crippen LogP contribution in [0.1, 0.15) is 26.7 Å². The first-order chi connectivity index (χ1) is 20.1. The predicted octanol–water partition coefficient (Wildman–Crippen LogP) is 4.79. The minimum absolute atomic E-state index is 0.0954. The lowest BCUT2D eigenvalue weighted by Gasteiger charge is -2.30. The van der Waals surface area contributed by atoms with Crippen LogP contribution in [0.25, 0.3) is 22.3 Å². The summed E-state index contributed by atoms with van der Waals surface area (Å²) in [6.45, 7) is 4.71. The molecule has 10 nitrogen and oxygen atoms in total. The summed E-state index contributed by atoms with van der Waals surface area (Å²) in [5, 5.41) is 15.0. The highest BCUT2D eigenvalue weighted by Crippen LogP contribution is 2.35. The zero-order chi connectivity index (χ0) is 30.0. The van der Waals surface area contributed by atoms with Crippen molar-refractivity contribution in [3.8, 4) is 28.8 Å². The number of amides is 1. The Labute approximate surface area is 243 Å². The maximum Gasteiger partial charge on any atom is 0.264 e. The van der Waals surface area contributed by atoms with Gasteiger partial charge in [0, 0.05) is 23.7 Å². The Morgan fingerprint density at radius 3 is 2.67 bits per heavy atom. The first-order valence-electron chi connectivity index (χ1n) is 13.7. The molecule has 0 unspecified atom stereocenters. The first kappa shape index (κ1) is 28.7. The monoisotopic (exact) mass is 568 g/mol. The summed E-state index contributed by atoms with van der Waals surface area (Å²) < 4.78 is 22.9. The van der Waals surface area contributed by atoms with E-state index in [0.717, 1.165) is 12.8 Å². The molecule has 1 saturated heterocycles. The first-order valence-corrected chi connectivity index (χ1v) is 13.7. The van der Waals surface area contributed by atoms with Gasteiger partial charge in [-0.2, -0.15) is 10.4 Å². The average Bonchev–Trinajstić information content (AvgIpc) is 3.58. The molecular weight excluding hydrogens is 535 g/mol. The summed E-state index contributed by atoms with van der Waals surface area (Å²) in [5.41, 5.74) is 6.82. The topological polar surface area (TPSA) is 126 Å². The molecule has 3 heterocycles. The molecule has 0 aliphatic carbocycles. The molecule has 4 aromatic rings. The van der Waals surface area contributed by atoms with Crippen molar-refractivity contribution in [3.63, 3.8) is 0 Å². The van der Waals surface area contributed by atoms with Crippen LogP contribution in [0.4, 0.5) is 10.2 Å². The number of para-hydroxylation sites is 1. The number of hydrogen-bond donors (Lipinski definition) is 1. The summed E-state index contributed by atoms with van der Waals surface area (Å²) >= 11 is 0. The minimum Gasteiger partial charge on any atom is -0.457 e. The van der Waals surface area contributed by atoms with Crippen LogP contribution in [-0.4, -0.2) is 67.7 Å². The quantitative estimate of drug-likeness (QED) is 0.238. The number of nitrogens with two attached hydrogens (primary N) is 1. The van der Waals surface area contributed by atoms with Crippen molar-refractivity contribution >= 4 is 22.8 Å². The van der Waals surface area contributed by atoms with E-state index in [1.54, 1.807) is 39.9 Å². The number of halogens is 1. The molecule has 1 atom stereocenters. The van der Waals surface area contributed by atoms with Crippen LogP contribution >= 0.6 is 0 Å². The Balaban J connectivity index is 1.46. The number of likely N-dealkylation sites (tertiary alicyclic amines) is 1. The molecule has 2 aromatic carbocycles. The highest BCUT2D eigenvalue weighted by atomic mass is 19.1. The Hall–Kier alpha value is -4.82. The third-order valence-corrected chi connectivity index (χ3v) is 7.76. The largest absolute Gasteiger partial charge is 0.457 e. The molecule has 2 aromatic heterocycles. The average molecular weight is 569 g/mol. The SMILES string of the molecule is CN(C)C(C)(C)/C=C(\C#N)C(=O)N1CCC[C@@H]1Cn1nc(-c2ccc(Oc3ccccc3)cc2F)c2c(N)ncnc21. The fourth-order valence-corrected chi connectivity index (χ4v) is 4.99. The Morgan fingerprint density at radius 1 is 1.21 bits per heavy atom. The van der Waals surface area contributed by atoms with Gasteiger partial charge in [-0.3, -0.25) is 4.79 Å². The molecule has 2 N–H and O–H groups in total. The number of hydrogen-bond acceptors (Lipinski definition) is 8. The van der Waals surface area contributed by atoms with Gasteiger partial charge in [0.1, 0.15) is 46.8 Å². The van der Waals surface area contributed by atoms with Gasteiger partial charge in [-0.25, -0.2) is 19.0 Å². The van der Waals surface area contributed by atoms with E-state index >= 15 is 4.39 Å². The number of ether oxygens (including phenoxy) is 1. The van der Waals surface area contributed by atoms with Gasteiger partial charge in [0.2, 0.25) is 0 Å². The molecule has 1 fully saturated rings. The van der Waals surface area contributed by atoms with Gasteiger partial charge < -0.3 is 20.3 Å². The van der Waals surface area contributed by atoms with E-state index in [2.05, 4.69) is 16.0 Å². The number of rotatable bonds is 8. The van der Waals surface area contributed by atoms with Gasteiger partial charge in [0.15, 0.2) is 5.65 Å². The summed E-state index contributed by atoms with van der Waals surface area (Å²) in [4.78, 5) is 25.7. The van der Waals surface area contributed by atoms with Crippen molar-refractivity contribution in [3.05, 3.63) is 72.3 Å². The lowest BCUT2D eigenvalue weighted by Crippen LogP contribution is -2.41. The maximum absolute atomic E-state index is 15.5. The summed E-state index contributed by atoms with van der Waals surface area (Å²) in [7, 11) is 3.80. The zero-order valence-electron chi connectivity index (χ0n) is 24.1. The van der Waals surface area contributed by atoms with Crippen molar-refractivity contribution in [2.24, 2.45) is 0 Å². The summed E-state index contributed by atoms with van der Waals surface area (Å²) in [5.74, 6) is 0.246. The molecule has 42 heavy (non-hydrogen) atoms. The summed E-state index contributed by atoms with van der Waals surface area (Å²) in [6.07, 6.45) is 4.55. The van der Waals surface area contributed by atoms with Crippen LogP contribution in [0.5, 0.6) is 11.5 Å². The molecular formula is C31H33FN8O2. The normalized spacial score (nSPS) is 15.8. The van der Waals surface area contributed by atoms with Crippen LogP contribution in [0, 0.1) is 17.1 Å². The smallest absolute Gasteiger partial charge is 0.264 e. The number of carbonyl (C=O) groups excluding carboxylic acids is 1. The number of carbonyl (C=O) groups is 1. The fraction of sp³-hybridized carbons (Fsp3) is 0.323. The maximum atomic E-state index is 15.5. The van der Waals surface area contributed by atoms with Crippen LogP contribution in [0.2, 0.25) is 0 Å². The molecule has 1 aliphatic rings. The number of anilines is 1. The predicted molar refractivity (Wildman–Crippen MR) is 158 cm³/mol. The standard InChI is InChI=1S/C31H33FN8O2/c1-31(2,38(3)4)16-20(17-33)30(41)39-14-8-9-21(39)18-40-29-26(28(34)35-19-36-29)27(37-40)24-13-12-23(15-25(24)32)42-22-10-6-5-7-11-22/h5-7,10-13,15-16,19,21H,8-9,14,18H2,1-4H3,(H2,34,35,36)/b20-16+/t21-/m1/s1. The second kappa shape index (κ2) is 11.6. The summed E-state index contributed by atoms with van der Waals surface area (Å²) in [6, 6.07) is 15.5. The Bertz CT molecular complexity index is 1690. The van der Waals surface area contributed by atoms with E-state index in [1.807, 2.05) is 51.0 Å². The number of nitrogens with zero attached hydrogens (tertiary/aromatic N) is 7. The Kier molecular flexibility index (Phi) is 7.91. The molecule has 216 valence electrons. The van der Waals surface area contributed by atoms with Gasteiger partial charge >= 0.3 is 0 Å². The van der Waals surface area contributed by atoms with Gasteiger partial charge in [-0.1, -0.05) is 18.2 Å². The van der Waals surface area contributed by atoms with E-state index in [0.29, 0.717) is 41.3 Å². The van der Waals surface area contributed by atoms with Crippen LogP contribution in [0.3, 0.4) is 0 Å². The molecule has 5 rings (SSSR count). The van der Waals surface area contributed by atoms with Crippen molar-refractivity contribution in [2.75, 3.05) is 26.4 Å². The van der Waals surface area contributed by atoms with E-state index in [-0.39, 0.29) is 28.9 Å². The molecule has 0 saturated carbocycles.